The number of rotatable bonds is 3. The Morgan fingerprint density at radius 1 is 1.33 bits per heavy atom. The summed E-state index contributed by atoms with van der Waals surface area (Å²) in [6.45, 7) is 8.28. The minimum Gasteiger partial charge on any atom is -0.375 e. The molecule has 0 bridgehead atoms. The maximum atomic E-state index is 12.2. The van der Waals surface area contributed by atoms with Crippen LogP contribution in [0.5, 0.6) is 0 Å². The Morgan fingerprint density at radius 2 is 2.07 bits per heavy atom. The Labute approximate surface area is 91.7 Å². The Bertz CT molecular complexity index is 254. The van der Waals surface area contributed by atoms with E-state index in [1.165, 1.54) is 25.9 Å². The number of hydrogen-bond donors (Lipinski definition) is 0. The summed E-state index contributed by atoms with van der Waals surface area (Å²) in [4.78, 5) is 4.69. The Kier molecular flexibility index (Phi) is 3.01. The van der Waals surface area contributed by atoms with E-state index in [2.05, 4.69) is 23.4 Å². The average molecular weight is 212 g/mol. The van der Waals surface area contributed by atoms with Gasteiger partial charge >= 0.3 is 0 Å². The van der Waals surface area contributed by atoms with E-state index in [1.54, 1.807) is 0 Å². The number of likely N-dealkylation sites (tertiary alicyclic amines) is 2. The molecule has 0 radical (unpaired) electrons. The molecule has 2 aliphatic heterocycles. The van der Waals surface area contributed by atoms with Crippen molar-refractivity contribution in [1.82, 2.24) is 9.80 Å². The molecule has 86 valence electrons. The second-order valence-corrected chi connectivity index (χ2v) is 5.16. The first kappa shape index (κ1) is 10.9. The smallest absolute Gasteiger partial charge is 0.0948 e. The van der Waals surface area contributed by atoms with Gasteiger partial charge in [0.2, 0.25) is 0 Å². The lowest BCUT2D eigenvalue weighted by atomic mass is 9.86. The van der Waals surface area contributed by atoms with Crippen LogP contribution < -0.4 is 0 Å². The molecule has 0 aromatic rings. The molecule has 0 aromatic carbocycles. The summed E-state index contributed by atoms with van der Waals surface area (Å²) in [6.07, 6.45) is 3.05. The Hall–Kier alpha value is -0.570. The van der Waals surface area contributed by atoms with Crippen LogP contribution in [0.1, 0.15) is 19.3 Å². The van der Waals surface area contributed by atoms with Crippen LogP contribution in [0, 0.1) is 5.41 Å². The number of alkyl halides is 1. The minimum atomic E-state index is -0.276. The Balaban J connectivity index is 1.92. The average Bonchev–Trinajstić information content (AvgIpc) is 2.76. The van der Waals surface area contributed by atoms with Gasteiger partial charge in [-0.3, -0.25) is 4.39 Å². The molecule has 0 aromatic heterocycles. The molecule has 2 rings (SSSR count). The van der Waals surface area contributed by atoms with Gasteiger partial charge in [-0.1, -0.05) is 6.58 Å². The summed E-state index contributed by atoms with van der Waals surface area (Å²) in [5.74, 6) is 0. The van der Waals surface area contributed by atoms with Gasteiger partial charge in [0.05, 0.1) is 6.67 Å². The second-order valence-electron chi connectivity index (χ2n) is 5.16. The van der Waals surface area contributed by atoms with Crippen molar-refractivity contribution in [2.45, 2.75) is 19.3 Å². The van der Waals surface area contributed by atoms with Gasteiger partial charge in [0, 0.05) is 37.2 Å². The lowest BCUT2D eigenvalue weighted by molar-refractivity contribution is 0.275. The molecule has 0 aliphatic carbocycles. The third-order valence-corrected chi connectivity index (χ3v) is 3.90. The summed E-state index contributed by atoms with van der Waals surface area (Å²) >= 11 is 0. The third-order valence-electron chi connectivity index (χ3n) is 3.90. The van der Waals surface area contributed by atoms with Crippen molar-refractivity contribution in [3.8, 4) is 0 Å². The van der Waals surface area contributed by atoms with E-state index in [-0.39, 0.29) is 6.67 Å². The van der Waals surface area contributed by atoms with E-state index in [4.69, 9.17) is 0 Å². The predicted octanol–water partition coefficient (Wildman–Crippen LogP) is 1.89. The number of nitrogens with zero attached hydrogens (tertiary/aromatic N) is 2. The molecule has 2 saturated heterocycles. The standard InChI is InChI=1S/C12H21FN2/c1-11(3-6-13)15-8-5-12(10-15)4-7-14(2)9-12/h1,3-10H2,2H3. The molecule has 2 aliphatic rings. The quantitative estimate of drug-likeness (QED) is 0.705. The van der Waals surface area contributed by atoms with E-state index in [1.807, 2.05) is 0 Å². The molecule has 15 heavy (non-hydrogen) atoms. The molecule has 2 fully saturated rings. The van der Waals surface area contributed by atoms with Gasteiger partial charge in [-0.05, 0) is 26.4 Å². The second kappa shape index (κ2) is 4.12. The van der Waals surface area contributed by atoms with Crippen LogP contribution in [-0.2, 0) is 0 Å². The summed E-state index contributed by atoms with van der Waals surface area (Å²) in [6, 6.07) is 0. The monoisotopic (exact) mass is 212 g/mol. The molecule has 0 saturated carbocycles. The normalized spacial score (nSPS) is 31.7. The fourth-order valence-electron chi connectivity index (χ4n) is 2.96. The van der Waals surface area contributed by atoms with Gasteiger partial charge in [0.15, 0.2) is 0 Å². The van der Waals surface area contributed by atoms with E-state index in [0.29, 0.717) is 11.8 Å². The first-order valence-electron chi connectivity index (χ1n) is 5.82. The van der Waals surface area contributed by atoms with Crippen LogP contribution in [0.3, 0.4) is 0 Å². The zero-order chi connectivity index (χ0) is 10.9. The number of allylic oxidation sites excluding steroid dienone is 1. The summed E-state index contributed by atoms with van der Waals surface area (Å²) in [5, 5.41) is 0. The lowest BCUT2D eigenvalue weighted by Crippen LogP contribution is -2.29. The van der Waals surface area contributed by atoms with Crippen LogP contribution in [0.4, 0.5) is 4.39 Å². The van der Waals surface area contributed by atoms with Crippen molar-refractivity contribution in [3.63, 3.8) is 0 Å². The SMILES string of the molecule is C=C(CCF)N1CCC2(CCN(C)C2)C1. The van der Waals surface area contributed by atoms with E-state index < -0.39 is 0 Å². The lowest BCUT2D eigenvalue weighted by Gasteiger charge is -2.25. The maximum Gasteiger partial charge on any atom is 0.0948 e. The fourth-order valence-corrected chi connectivity index (χ4v) is 2.96. The van der Waals surface area contributed by atoms with Crippen molar-refractivity contribution in [2.24, 2.45) is 5.41 Å². The molecule has 2 heterocycles. The van der Waals surface area contributed by atoms with Crippen LogP contribution >= 0.6 is 0 Å². The largest absolute Gasteiger partial charge is 0.375 e. The highest BCUT2D eigenvalue weighted by atomic mass is 19.1. The first-order chi connectivity index (χ1) is 7.15. The zero-order valence-corrected chi connectivity index (χ0v) is 9.64. The van der Waals surface area contributed by atoms with Crippen LogP contribution in [0.2, 0.25) is 0 Å². The maximum absolute atomic E-state index is 12.2. The molecule has 3 heteroatoms. The fraction of sp³-hybridized carbons (Fsp3) is 0.833. The molecule has 1 spiro atoms. The number of hydrogen-bond acceptors (Lipinski definition) is 2. The molecule has 1 atom stereocenters. The van der Waals surface area contributed by atoms with E-state index in [0.717, 1.165) is 18.8 Å². The van der Waals surface area contributed by atoms with Crippen molar-refractivity contribution < 1.29 is 4.39 Å². The summed E-state index contributed by atoms with van der Waals surface area (Å²) < 4.78 is 12.2. The van der Waals surface area contributed by atoms with Gasteiger partial charge in [-0.2, -0.15) is 0 Å². The van der Waals surface area contributed by atoms with Gasteiger partial charge in [0.25, 0.3) is 0 Å². The van der Waals surface area contributed by atoms with Gasteiger partial charge < -0.3 is 9.80 Å². The van der Waals surface area contributed by atoms with Crippen LogP contribution in [-0.4, -0.2) is 49.7 Å². The van der Waals surface area contributed by atoms with Crippen LogP contribution in [0.15, 0.2) is 12.3 Å². The van der Waals surface area contributed by atoms with Crippen LogP contribution in [0.25, 0.3) is 0 Å². The summed E-state index contributed by atoms with van der Waals surface area (Å²) in [5.41, 5.74) is 1.47. The minimum absolute atomic E-state index is 0.276. The molecule has 0 amide bonds. The third kappa shape index (κ3) is 2.17. The highest BCUT2D eigenvalue weighted by Crippen LogP contribution is 2.40. The van der Waals surface area contributed by atoms with Crippen molar-refractivity contribution in [3.05, 3.63) is 12.3 Å². The molecular formula is C12H21FN2. The molecular weight excluding hydrogens is 191 g/mol. The van der Waals surface area contributed by atoms with Gasteiger partial charge in [-0.15, -0.1) is 0 Å². The molecule has 1 unspecified atom stereocenters. The highest BCUT2D eigenvalue weighted by Gasteiger charge is 2.42. The molecule has 2 nitrogen and oxygen atoms in total. The van der Waals surface area contributed by atoms with E-state index in [9.17, 15) is 4.39 Å². The zero-order valence-electron chi connectivity index (χ0n) is 9.64. The van der Waals surface area contributed by atoms with E-state index >= 15 is 0 Å². The number of halogens is 1. The topological polar surface area (TPSA) is 6.48 Å². The first-order valence-corrected chi connectivity index (χ1v) is 5.82. The van der Waals surface area contributed by atoms with Crippen molar-refractivity contribution >= 4 is 0 Å². The highest BCUT2D eigenvalue weighted by molar-refractivity contribution is 5.04. The van der Waals surface area contributed by atoms with Crippen molar-refractivity contribution in [2.75, 3.05) is 39.9 Å². The predicted molar refractivity (Wildman–Crippen MR) is 60.5 cm³/mol. The van der Waals surface area contributed by atoms with Gasteiger partial charge in [-0.25, -0.2) is 0 Å². The summed E-state index contributed by atoms with van der Waals surface area (Å²) in [7, 11) is 2.19. The Morgan fingerprint density at radius 3 is 2.67 bits per heavy atom. The van der Waals surface area contributed by atoms with Gasteiger partial charge in [0.1, 0.15) is 0 Å². The molecule has 0 N–H and O–H groups in total. The van der Waals surface area contributed by atoms with Crippen molar-refractivity contribution in [1.29, 1.82) is 0 Å².